The van der Waals surface area contributed by atoms with E-state index in [0.29, 0.717) is 12.1 Å². The number of hydrogen-bond acceptors (Lipinski definition) is 2. The summed E-state index contributed by atoms with van der Waals surface area (Å²) in [6, 6.07) is 20.3. The van der Waals surface area contributed by atoms with Crippen molar-refractivity contribution in [1.82, 2.24) is 4.90 Å². The lowest BCUT2D eigenvalue weighted by Gasteiger charge is -2.43. The molecule has 2 fully saturated rings. The van der Waals surface area contributed by atoms with Crippen molar-refractivity contribution in [2.24, 2.45) is 0 Å². The Morgan fingerprint density at radius 1 is 0.875 bits per heavy atom. The van der Waals surface area contributed by atoms with E-state index >= 15 is 0 Å². The highest BCUT2D eigenvalue weighted by atomic mass is 16.3. The molecular formula is C22H23NO. The minimum atomic E-state index is -0.706. The van der Waals surface area contributed by atoms with Crippen LogP contribution in [0.15, 0.2) is 54.6 Å². The number of nitrogens with zero attached hydrogens (tertiary/aromatic N) is 1. The molecule has 2 aliphatic rings. The summed E-state index contributed by atoms with van der Waals surface area (Å²) in [5.74, 6) is 0. The molecule has 2 bridgehead atoms. The highest BCUT2D eigenvalue weighted by Gasteiger charge is 2.47. The van der Waals surface area contributed by atoms with Gasteiger partial charge in [-0.25, -0.2) is 0 Å². The van der Waals surface area contributed by atoms with E-state index in [0.717, 1.165) is 18.4 Å². The van der Waals surface area contributed by atoms with Crippen LogP contribution in [0.25, 0.3) is 21.5 Å². The van der Waals surface area contributed by atoms with Crippen molar-refractivity contribution in [3.63, 3.8) is 0 Å². The van der Waals surface area contributed by atoms with Crippen LogP contribution < -0.4 is 0 Å². The van der Waals surface area contributed by atoms with Gasteiger partial charge >= 0.3 is 0 Å². The van der Waals surface area contributed by atoms with E-state index in [9.17, 15) is 5.11 Å². The zero-order chi connectivity index (χ0) is 16.3. The maximum atomic E-state index is 11.7. The summed E-state index contributed by atoms with van der Waals surface area (Å²) < 4.78 is 0. The second kappa shape index (κ2) is 5.05. The SMILES string of the molecule is CN1C2CCC1CC(O)(c1cc3ccccc3c3ccccc13)C2. The molecule has 2 heterocycles. The first-order valence-corrected chi connectivity index (χ1v) is 9.01. The minimum Gasteiger partial charge on any atom is -0.385 e. The van der Waals surface area contributed by atoms with Crippen LogP contribution >= 0.6 is 0 Å². The molecule has 0 aliphatic carbocycles. The highest BCUT2D eigenvalue weighted by Crippen LogP contribution is 2.47. The summed E-state index contributed by atoms with van der Waals surface area (Å²) in [5, 5.41) is 16.6. The molecule has 2 saturated heterocycles. The molecule has 1 N–H and O–H groups in total. The van der Waals surface area contributed by atoms with E-state index in [1.165, 1.54) is 34.4 Å². The van der Waals surface area contributed by atoms with Gasteiger partial charge < -0.3 is 10.0 Å². The van der Waals surface area contributed by atoms with Crippen molar-refractivity contribution < 1.29 is 5.11 Å². The summed E-state index contributed by atoms with van der Waals surface area (Å²) >= 11 is 0. The Kier molecular flexibility index (Phi) is 3.04. The van der Waals surface area contributed by atoms with Crippen molar-refractivity contribution in [2.75, 3.05) is 7.05 Å². The Morgan fingerprint density at radius 3 is 2.17 bits per heavy atom. The molecule has 122 valence electrons. The zero-order valence-corrected chi connectivity index (χ0v) is 14.1. The molecule has 2 nitrogen and oxygen atoms in total. The lowest BCUT2D eigenvalue weighted by Crippen LogP contribution is -2.47. The van der Waals surface area contributed by atoms with Crippen LogP contribution in [0.4, 0.5) is 0 Å². The van der Waals surface area contributed by atoms with Crippen molar-refractivity contribution >= 4 is 21.5 Å². The average molecular weight is 317 g/mol. The van der Waals surface area contributed by atoms with Crippen LogP contribution in [-0.2, 0) is 5.60 Å². The third-order valence-corrected chi connectivity index (χ3v) is 6.40. The van der Waals surface area contributed by atoms with Crippen molar-refractivity contribution in [2.45, 2.75) is 43.4 Å². The van der Waals surface area contributed by atoms with Crippen LogP contribution in [0, 0.1) is 0 Å². The van der Waals surface area contributed by atoms with Gasteiger partial charge in [-0.15, -0.1) is 0 Å². The topological polar surface area (TPSA) is 23.5 Å². The molecule has 0 spiro atoms. The second-order valence-corrected chi connectivity index (χ2v) is 7.68. The Morgan fingerprint density at radius 2 is 1.46 bits per heavy atom. The molecule has 5 rings (SSSR count). The average Bonchev–Trinajstić information content (AvgIpc) is 2.83. The maximum absolute atomic E-state index is 11.7. The number of aliphatic hydroxyl groups is 1. The number of rotatable bonds is 1. The lowest BCUT2D eigenvalue weighted by molar-refractivity contribution is -0.0481. The molecule has 2 aliphatic heterocycles. The van der Waals surface area contributed by atoms with Crippen molar-refractivity contribution in [3.05, 3.63) is 60.2 Å². The van der Waals surface area contributed by atoms with Gasteiger partial charge in [0, 0.05) is 12.1 Å². The first-order chi connectivity index (χ1) is 11.7. The second-order valence-electron chi connectivity index (χ2n) is 7.68. The van der Waals surface area contributed by atoms with Gasteiger partial charge in [0.15, 0.2) is 0 Å². The van der Waals surface area contributed by atoms with E-state index in [4.69, 9.17) is 0 Å². The van der Waals surface area contributed by atoms with Crippen molar-refractivity contribution in [3.8, 4) is 0 Å². The van der Waals surface area contributed by atoms with Crippen LogP contribution in [0.2, 0.25) is 0 Å². The van der Waals surface area contributed by atoms with E-state index < -0.39 is 5.60 Å². The van der Waals surface area contributed by atoms with Crippen LogP contribution in [0.1, 0.15) is 31.2 Å². The zero-order valence-electron chi connectivity index (χ0n) is 14.1. The number of piperidine rings is 1. The van der Waals surface area contributed by atoms with Crippen molar-refractivity contribution in [1.29, 1.82) is 0 Å². The molecule has 2 atom stereocenters. The molecule has 0 amide bonds. The summed E-state index contributed by atoms with van der Waals surface area (Å²) in [5.41, 5.74) is 0.420. The minimum absolute atomic E-state index is 0.513. The monoisotopic (exact) mass is 317 g/mol. The third-order valence-electron chi connectivity index (χ3n) is 6.40. The van der Waals surface area contributed by atoms with E-state index in [1.54, 1.807) is 0 Å². The molecule has 0 radical (unpaired) electrons. The largest absolute Gasteiger partial charge is 0.385 e. The highest BCUT2D eigenvalue weighted by molar-refractivity contribution is 6.09. The fourth-order valence-electron chi connectivity index (χ4n) is 5.10. The van der Waals surface area contributed by atoms with E-state index in [-0.39, 0.29) is 0 Å². The smallest absolute Gasteiger partial charge is 0.0932 e. The van der Waals surface area contributed by atoms with Gasteiger partial charge in [0.2, 0.25) is 0 Å². The van der Waals surface area contributed by atoms with Gasteiger partial charge in [-0.05, 0) is 65.9 Å². The number of fused-ring (bicyclic) bond motifs is 5. The summed E-state index contributed by atoms with van der Waals surface area (Å²) in [7, 11) is 2.22. The predicted octanol–water partition coefficient (Wildman–Crippen LogP) is 4.44. The molecule has 3 aromatic rings. The standard InChI is InChI=1S/C22H23NO/c1-23-16-10-11-17(23)14-22(24,13-16)21-12-15-6-2-3-7-18(15)19-8-4-5-9-20(19)21/h2-9,12,16-17,24H,10-11,13-14H2,1H3. The van der Waals surface area contributed by atoms with Crippen LogP contribution in [0.5, 0.6) is 0 Å². The number of hydrogen-bond donors (Lipinski definition) is 1. The molecule has 0 aromatic heterocycles. The van der Waals surface area contributed by atoms with Gasteiger partial charge in [-0.1, -0.05) is 48.5 Å². The van der Waals surface area contributed by atoms with Gasteiger partial charge in [0.05, 0.1) is 5.60 Å². The first-order valence-electron chi connectivity index (χ1n) is 9.01. The van der Waals surface area contributed by atoms with E-state index in [1.807, 2.05) is 0 Å². The Labute approximate surface area is 142 Å². The Balaban J connectivity index is 1.76. The summed E-state index contributed by atoms with van der Waals surface area (Å²) in [6.45, 7) is 0. The van der Waals surface area contributed by atoms with Crippen LogP contribution in [0.3, 0.4) is 0 Å². The summed E-state index contributed by atoms with van der Waals surface area (Å²) in [4.78, 5) is 2.48. The predicted molar refractivity (Wildman–Crippen MR) is 99.2 cm³/mol. The Bertz CT molecular complexity index is 918. The third kappa shape index (κ3) is 1.96. The molecule has 0 saturated carbocycles. The number of benzene rings is 3. The molecular weight excluding hydrogens is 294 g/mol. The quantitative estimate of drug-likeness (QED) is 0.671. The molecule has 2 unspecified atom stereocenters. The molecule has 24 heavy (non-hydrogen) atoms. The van der Waals surface area contributed by atoms with E-state index in [2.05, 4.69) is 66.5 Å². The van der Waals surface area contributed by atoms with Gasteiger partial charge in [-0.3, -0.25) is 0 Å². The fourth-order valence-corrected chi connectivity index (χ4v) is 5.10. The van der Waals surface area contributed by atoms with Gasteiger partial charge in [0.1, 0.15) is 0 Å². The maximum Gasteiger partial charge on any atom is 0.0932 e. The van der Waals surface area contributed by atoms with Gasteiger partial charge in [-0.2, -0.15) is 0 Å². The Hall–Kier alpha value is -1.90. The fraction of sp³-hybridized carbons (Fsp3) is 0.364. The summed E-state index contributed by atoms with van der Waals surface area (Å²) in [6.07, 6.45) is 4.13. The molecule has 2 heteroatoms. The van der Waals surface area contributed by atoms with Gasteiger partial charge in [0.25, 0.3) is 0 Å². The normalized spacial score (nSPS) is 30.2. The molecule has 3 aromatic carbocycles. The lowest BCUT2D eigenvalue weighted by atomic mass is 9.78. The first kappa shape index (κ1) is 14.4. The van der Waals surface area contributed by atoms with Crippen LogP contribution in [-0.4, -0.2) is 29.1 Å².